The van der Waals surface area contributed by atoms with Crippen molar-refractivity contribution in [1.82, 2.24) is 14.8 Å². The number of carbonyl (C=O) groups is 1. The number of hydrogen-bond acceptors (Lipinski definition) is 5. The number of rotatable bonds is 4. The van der Waals surface area contributed by atoms with Crippen LogP contribution in [0.1, 0.15) is 38.2 Å². The summed E-state index contributed by atoms with van der Waals surface area (Å²) in [7, 11) is 2.00. The molecule has 1 amide bonds. The lowest BCUT2D eigenvalue weighted by atomic mass is 10.0. The molecule has 37 heavy (non-hydrogen) atoms. The number of nitrogens with zero attached hydrogens (tertiary/aromatic N) is 3. The van der Waals surface area contributed by atoms with Crippen molar-refractivity contribution in [3.05, 3.63) is 88.1 Å². The van der Waals surface area contributed by atoms with Gasteiger partial charge in [-0.3, -0.25) is 9.69 Å². The van der Waals surface area contributed by atoms with Gasteiger partial charge in [-0.25, -0.2) is 4.98 Å². The maximum atomic E-state index is 13.9. The third-order valence-corrected chi connectivity index (χ3v) is 6.29. The molecule has 1 aliphatic heterocycles. The van der Waals surface area contributed by atoms with Gasteiger partial charge in [0, 0.05) is 61.3 Å². The summed E-state index contributed by atoms with van der Waals surface area (Å²) in [6, 6.07) is 12.3. The molecule has 1 aromatic heterocycles. The molecule has 4 rings (SSSR count). The molecule has 0 bridgehead atoms. The van der Waals surface area contributed by atoms with Crippen molar-refractivity contribution in [2.75, 3.05) is 44.3 Å². The summed E-state index contributed by atoms with van der Waals surface area (Å²) in [5.41, 5.74) is 7.58. The van der Waals surface area contributed by atoms with Gasteiger partial charge in [0.15, 0.2) is 0 Å². The Balaban J connectivity index is 1.52. The highest BCUT2D eigenvalue weighted by Gasteiger charge is 2.34. The number of nitrogens with one attached hydrogen (secondary N) is 1. The van der Waals surface area contributed by atoms with E-state index in [-0.39, 0.29) is 17.8 Å². The standard InChI is InChI=1S/C28H28F3N5O/c1-19-3-6-22(15-21(19)7-4-20-5-10-26(32)33-17-20)27(37)34-24-9-8-23(25(16-24)28(29,30)31)18-36-13-11-35(2)12-14-36/h3,5-6,8-10,15-17H,11-14,18H2,1-2H3,(H2,32,33)(H,34,37). The van der Waals surface area contributed by atoms with Crippen LogP contribution in [-0.4, -0.2) is 53.9 Å². The molecule has 9 heteroatoms. The minimum absolute atomic E-state index is 0.0839. The van der Waals surface area contributed by atoms with E-state index in [2.05, 4.69) is 27.0 Å². The number of amides is 1. The zero-order valence-corrected chi connectivity index (χ0v) is 20.7. The van der Waals surface area contributed by atoms with E-state index in [4.69, 9.17) is 5.73 Å². The number of nitrogens with two attached hydrogens (primary N) is 1. The van der Waals surface area contributed by atoms with Crippen molar-refractivity contribution in [1.29, 1.82) is 0 Å². The topological polar surface area (TPSA) is 74.5 Å². The summed E-state index contributed by atoms with van der Waals surface area (Å²) in [5, 5.41) is 2.60. The first-order valence-corrected chi connectivity index (χ1v) is 11.8. The summed E-state index contributed by atoms with van der Waals surface area (Å²) >= 11 is 0. The number of nitrogen functional groups attached to an aromatic ring is 1. The normalized spacial score (nSPS) is 14.6. The second-order valence-corrected chi connectivity index (χ2v) is 9.15. The van der Waals surface area contributed by atoms with Gasteiger partial charge in [-0.1, -0.05) is 24.0 Å². The number of carbonyl (C=O) groups excluding carboxylic acids is 1. The largest absolute Gasteiger partial charge is 0.416 e. The molecular weight excluding hydrogens is 479 g/mol. The lowest BCUT2D eigenvalue weighted by Gasteiger charge is -2.33. The number of piperazine rings is 1. The van der Waals surface area contributed by atoms with E-state index in [1.807, 2.05) is 18.9 Å². The average molecular weight is 508 g/mol. The van der Waals surface area contributed by atoms with Gasteiger partial charge in [0.25, 0.3) is 5.91 Å². The second kappa shape index (κ2) is 11.0. The van der Waals surface area contributed by atoms with Crippen molar-refractivity contribution in [3.63, 3.8) is 0 Å². The van der Waals surface area contributed by atoms with Crippen LogP contribution in [0.25, 0.3) is 0 Å². The summed E-state index contributed by atoms with van der Waals surface area (Å²) in [4.78, 5) is 21.1. The molecule has 1 aliphatic rings. The molecule has 0 aliphatic carbocycles. The van der Waals surface area contributed by atoms with Crippen molar-refractivity contribution in [3.8, 4) is 11.8 Å². The minimum Gasteiger partial charge on any atom is -0.384 e. The number of aromatic nitrogens is 1. The minimum atomic E-state index is -4.54. The lowest BCUT2D eigenvalue weighted by molar-refractivity contribution is -0.138. The molecule has 1 fully saturated rings. The van der Waals surface area contributed by atoms with Gasteiger partial charge in [0.2, 0.25) is 0 Å². The quantitative estimate of drug-likeness (QED) is 0.513. The molecule has 6 nitrogen and oxygen atoms in total. The van der Waals surface area contributed by atoms with Gasteiger partial charge in [-0.2, -0.15) is 13.2 Å². The van der Waals surface area contributed by atoms with Crippen LogP contribution in [0.15, 0.2) is 54.7 Å². The number of halogens is 3. The van der Waals surface area contributed by atoms with Crippen LogP contribution in [-0.2, 0) is 12.7 Å². The van der Waals surface area contributed by atoms with Crippen molar-refractivity contribution in [2.24, 2.45) is 0 Å². The molecule has 3 aromatic rings. The Morgan fingerprint density at radius 1 is 1.05 bits per heavy atom. The molecule has 0 saturated carbocycles. The number of alkyl halides is 3. The first-order valence-electron chi connectivity index (χ1n) is 11.8. The van der Waals surface area contributed by atoms with Crippen LogP contribution in [0, 0.1) is 18.8 Å². The van der Waals surface area contributed by atoms with Gasteiger partial charge >= 0.3 is 6.18 Å². The van der Waals surface area contributed by atoms with E-state index in [0.717, 1.165) is 24.7 Å². The first-order chi connectivity index (χ1) is 17.6. The third-order valence-electron chi connectivity index (χ3n) is 6.29. The van der Waals surface area contributed by atoms with E-state index < -0.39 is 17.6 Å². The maximum Gasteiger partial charge on any atom is 0.416 e. The zero-order chi connectivity index (χ0) is 26.6. The summed E-state index contributed by atoms with van der Waals surface area (Å²) in [6.45, 7) is 5.12. The summed E-state index contributed by atoms with van der Waals surface area (Å²) in [5.74, 6) is 5.87. The number of pyridine rings is 1. The van der Waals surface area contributed by atoms with Gasteiger partial charge in [0.05, 0.1) is 5.56 Å². The fraction of sp³-hybridized carbons (Fsp3) is 0.286. The molecular formula is C28H28F3N5O. The summed E-state index contributed by atoms with van der Waals surface area (Å²) < 4.78 is 41.6. The van der Waals surface area contributed by atoms with Gasteiger partial charge in [0.1, 0.15) is 5.82 Å². The van der Waals surface area contributed by atoms with E-state index in [1.165, 1.54) is 12.1 Å². The number of likely N-dealkylation sites (N-methyl/N-ethyl adjacent to an activating group) is 1. The predicted molar refractivity (Wildman–Crippen MR) is 138 cm³/mol. The number of hydrogen-bond donors (Lipinski definition) is 2. The Labute approximate surface area is 214 Å². The number of anilines is 2. The zero-order valence-electron chi connectivity index (χ0n) is 20.7. The Hall–Kier alpha value is -3.87. The number of benzene rings is 2. The highest BCUT2D eigenvalue weighted by atomic mass is 19.4. The van der Waals surface area contributed by atoms with Crippen molar-refractivity contribution < 1.29 is 18.0 Å². The smallest absolute Gasteiger partial charge is 0.384 e. The van der Waals surface area contributed by atoms with Crippen LogP contribution in [0.4, 0.5) is 24.7 Å². The van der Waals surface area contributed by atoms with Gasteiger partial charge < -0.3 is 16.0 Å². The summed E-state index contributed by atoms with van der Waals surface area (Å²) in [6.07, 6.45) is -2.98. The molecule has 1 saturated heterocycles. The highest BCUT2D eigenvalue weighted by molar-refractivity contribution is 6.04. The molecule has 0 unspecified atom stereocenters. The number of aryl methyl sites for hydroxylation is 1. The van der Waals surface area contributed by atoms with E-state index >= 15 is 0 Å². The van der Waals surface area contributed by atoms with Crippen LogP contribution in [0.5, 0.6) is 0 Å². The van der Waals surface area contributed by atoms with E-state index in [0.29, 0.717) is 35.6 Å². The molecule has 0 atom stereocenters. The van der Waals surface area contributed by atoms with Crippen LogP contribution in [0.2, 0.25) is 0 Å². The Morgan fingerprint density at radius 3 is 2.49 bits per heavy atom. The SMILES string of the molecule is Cc1ccc(C(=O)Nc2ccc(CN3CCN(C)CC3)c(C(F)(F)F)c2)cc1C#Cc1ccc(N)nc1. The maximum absolute atomic E-state index is 13.9. The van der Waals surface area contributed by atoms with Gasteiger partial charge in [-0.05, 0) is 61.5 Å². The fourth-order valence-corrected chi connectivity index (χ4v) is 4.02. The van der Waals surface area contributed by atoms with E-state index in [9.17, 15) is 18.0 Å². The van der Waals surface area contributed by atoms with E-state index in [1.54, 1.807) is 36.5 Å². The first kappa shape index (κ1) is 26.2. The molecule has 3 N–H and O–H groups in total. The molecule has 0 radical (unpaired) electrons. The molecule has 2 aromatic carbocycles. The lowest BCUT2D eigenvalue weighted by Crippen LogP contribution is -2.44. The highest BCUT2D eigenvalue weighted by Crippen LogP contribution is 2.34. The predicted octanol–water partition coefficient (Wildman–Crippen LogP) is 4.39. The van der Waals surface area contributed by atoms with Crippen molar-refractivity contribution in [2.45, 2.75) is 19.6 Å². The molecule has 2 heterocycles. The molecule has 0 spiro atoms. The van der Waals surface area contributed by atoms with Gasteiger partial charge in [-0.15, -0.1) is 0 Å². The third kappa shape index (κ3) is 6.88. The Bertz CT molecular complexity index is 1330. The van der Waals surface area contributed by atoms with Crippen LogP contribution in [0.3, 0.4) is 0 Å². The average Bonchev–Trinajstić information content (AvgIpc) is 2.86. The fourth-order valence-electron chi connectivity index (χ4n) is 4.02. The van der Waals surface area contributed by atoms with Crippen LogP contribution < -0.4 is 11.1 Å². The van der Waals surface area contributed by atoms with Crippen LogP contribution >= 0.6 is 0 Å². The monoisotopic (exact) mass is 507 g/mol. The second-order valence-electron chi connectivity index (χ2n) is 9.15. The Kier molecular flexibility index (Phi) is 7.81. The molecule has 192 valence electrons. The Morgan fingerprint density at radius 2 is 1.81 bits per heavy atom. The van der Waals surface area contributed by atoms with Crippen molar-refractivity contribution >= 4 is 17.4 Å².